The Morgan fingerprint density at radius 1 is 0.963 bits per heavy atom. The molecule has 0 saturated heterocycles. The van der Waals surface area contributed by atoms with E-state index >= 15 is 0 Å². The second kappa shape index (κ2) is 6.21. The second-order valence-electron chi connectivity index (χ2n) is 6.26. The highest BCUT2D eigenvalue weighted by atomic mass is 16.7. The second-order valence-corrected chi connectivity index (χ2v) is 6.26. The minimum atomic E-state index is -0.827. The van der Waals surface area contributed by atoms with Crippen molar-refractivity contribution >= 4 is 34.4 Å². The predicted octanol–water partition coefficient (Wildman–Crippen LogP) is 2.67. The number of carbonyl (C=O) groups excluding carboxylic acids is 3. The Bertz CT molecular complexity index is 1070. The van der Waals surface area contributed by atoms with Gasteiger partial charge in [0.1, 0.15) is 5.56 Å². The third-order valence-corrected chi connectivity index (χ3v) is 4.35. The Hall–Kier alpha value is -3.74. The van der Waals surface area contributed by atoms with Gasteiger partial charge in [-0.2, -0.15) is 0 Å². The quantitative estimate of drug-likeness (QED) is 0.667. The molecule has 2 aromatic carbocycles. The maximum Gasteiger partial charge on any atom is 0.367 e. The molecule has 0 saturated carbocycles. The predicted molar refractivity (Wildman–Crippen MR) is 98.4 cm³/mol. The summed E-state index contributed by atoms with van der Waals surface area (Å²) in [4.78, 5) is 48.8. The zero-order chi connectivity index (χ0) is 19.1. The van der Waals surface area contributed by atoms with Gasteiger partial charge in [0.25, 0.3) is 11.8 Å². The van der Waals surface area contributed by atoms with Crippen LogP contribution >= 0.6 is 0 Å². The average molecular weight is 361 g/mol. The number of nitrogens with zero attached hydrogens (tertiary/aromatic N) is 3. The van der Waals surface area contributed by atoms with Gasteiger partial charge >= 0.3 is 5.97 Å². The maximum absolute atomic E-state index is 12.8. The van der Waals surface area contributed by atoms with E-state index in [0.29, 0.717) is 10.8 Å². The van der Waals surface area contributed by atoms with E-state index in [9.17, 15) is 14.4 Å². The molecule has 4 rings (SSSR count). The van der Waals surface area contributed by atoms with E-state index in [-0.39, 0.29) is 16.7 Å². The molecule has 0 unspecified atom stereocenters. The number of aromatic nitrogens is 1. The van der Waals surface area contributed by atoms with Gasteiger partial charge in [-0.25, -0.2) is 4.79 Å². The average Bonchev–Trinajstić information content (AvgIpc) is 2.92. The zero-order valence-electron chi connectivity index (χ0n) is 14.7. The highest BCUT2D eigenvalue weighted by Gasteiger charge is 2.39. The van der Waals surface area contributed by atoms with Crippen LogP contribution in [0.25, 0.3) is 10.9 Å². The SMILES string of the molecule is CN(C)c1c(C(=O)ON2C(=O)c3ccccc3C2=O)cnc2ccccc12. The summed E-state index contributed by atoms with van der Waals surface area (Å²) < 4.78 is 0. The number of pyridine rings is 1. The number of anilines is 1. The van der Waals surface area contributed by atoms with Gasteiger partial charge in [-0.05, 0) is 18.2 Å². The first-order valence-corrected chi connectivity index (χ1v) is 8.24. The zero-order valence-corrected chi connectivity index (χ0v) is 14.7. The van der Waals surface area contributed by atoms with Crippen molar-refractivity contribution in [3.05, 3.63) is 71.4 Å². The van der Waals surface area contributed by atoms with Gasteiger partial charge in [0.15, 0.2) is 0 Å². The third-order valence-electron chi connectivity index (χ3n) is 4.35. The maximum atomic E-state index is 12.8. The van der Waals surface area contributed by atoms with Gasteiger partial charge in [-0.3, -0.25) is 14.6 Å². The van der Waals surface area contributed by atoms with Gasteiger partial charge in [0.05, 0.1) is 22.3 Å². The lowest BCUT2D eigenvalue weighted by Gasteiger charge is -2.20. The van der Waals surface area contributed by atoms with Crippen LogP contribution in [-0.4, -0.2) is 41.9 Å². The van der Waals surface area contributed by atoms with Crippen LogP contribution in [0.4, 0.5) is 5.69 Å². The lowest BCUT2D eigenvalue weighted by atomic mass is 10.1. The van der Waals surface area contributed by atoms with Crippen LogP contribution in [0.3, 0.4) is 0 Å². The summed E-state index contributed by atoms with van der Waals surface area (Å²) in [6, 6.07) is 13.7. The standard InChI is InChI=1S/C20H15N3O4/c1-22(2)17-14-9-5-6-10-16(14)21-11-15(17)20(26)27-23-18(24)12-7-3-4-8-13(12)19(23)25/h3-11H,1-2H3. The summed E-state index contributed by atoms with van der Waals surface area (Å²) in [5, 5.41) is 1.26. The number of imide groups is 1. The van der Waals surface area contributed by atoms with E-state index in [2.05, 4.69) is 4.98 Å². The molecule has 7 nitrogen and oxygen atoms in total. The van der Waals surface area contributed by atoms with Crippen molar-refractivity contribution in [1.82, 2.24) is 10.0 Å². The molecular weight excluding hydrogens is 346 g/mol. The normalized spacial score (nSPS) is 13.0. The molecule has 0 fully saturated rings. The Morgan fingerprint density at radius 3 is 2.19 bits per heavy atom. The number of hydrogen-bond acceptors (Lipinski definition) is 6. The summed E-state index contributed by atoms with van der Waals surface area (Å²) in [6.45, 7) is 0. The summed E-state index contributed by atoms with van der Waals surface area (Å²) in [7, 11) is 3.58. The summed E-state index contributed by atoms with van der Waals surface area (Å²) >= 11 is 0. The van der Waals surface area contributed by atoms with E-state index in [0.717, 1.165) is 10.9 Å². The van der Waals surface area contributed by atoms with E-state index < -0.39 is 17.8 Å². The summed E-state index contributed by atoms with van der Waals surface area (Å²) in [6.07, 6.45) is 1.39. The van der Waals surface area contributed by atoms with Crippen molar-refractivity contribution in [1.29, 1.82) is 0 Å². The number of amides is 2. The van der Waals surface area contributed by atoms with Gasteiger partial charge in [0.2, 0.25) is 0 Å². The van der Waals surface area contributed by atoms with Crippen LogP contribution in [0.5, 0.6) is 0 Å². The number of fused-ring (bicyclic) bond motifs is 2. The minimum absolute atomic E-state index is 0.162. The molecule has 0 spiro atoms. The summed E-state index contributed by atoms with van der Waals surface area (Å²) in [5.41, 5.74) is 1.90. The molecule has 0 radical (unpaired) electrons. The van der Waals surface area contributed by atoms with Crippen LogP contribution in [0.1, 0.15) is 31.1 Å². The molecule has 27 heavy (non-hydrogen) atoms. The number of rotatable bonds is 3. The number of hydroxylamine groups is 2. The van der Waals surface area contributed by atoms with Gasteiger partial charge < -0.3 is 9.74 Å². The molecule has 2 amide bonds. The van der Waals surface area contributed by atoms with E-state index in [1.165, 1.54) is 18.3 Å². The van der Waals surface area contributed by atoms with Crippen molar-refractivity contribution < 1.29 is 19.2 Å². The number of benzene rings is 2. The fourth-order valence-electron chi connectivity index (χ4n) is 3.14. The molecule has 1 aliphatic rings. The van der Waals surface area contributed by atoms with Gasteiger partial charge in [-0.1, -0.05) is 35.4 Å². The fraction of sp³-hybridized carbons (Fsp3) is 0.100. The van der Waals surface area contributed by atoms with Crippen molar-refractivity contribution in [3.63, 3.8) is 0 Å². The fourth-order valence-corrected chi connectivity index (χ4v) is 3.14. The first-order chi connectivity index (χ1) is 13.0. The highest BCUT2D eigenvalue weighted by molar-refractivity contribution is 6.21. The number of hydrogen-bond donors (Lipinski definition) is 0. The topological polar surface area (TPSA) is 79.8 Å². The largest absolute Gasteiger partial charge is 0.376 e. The van der Waals surface area contributed by atoms with Crippen LogP contribution < -0.4 is 4.90 Å². The highest BCUT2D eigenvalue weighted by Crippen LogP contribution is 2.30. The van der Waals surface area contributed by atoms with E-state index in [1.807, 2.05) is 24.3 Å². The van der Waals surface area contributed by atoms with Crippen LogP contribution in [-0.2, 0) is 4.84 Å². The first kappa shape index (κ1) is 16.7. The Kier molecular flexibility index (Phi) is 3.84. The smallest absolute Gasteiger partial charge is 0.367 e. The third kappa shape index (κ3) is 2.60. The molecule has 0 N–H and O–H groups in total. The van der Waals surface area contributed by atoms with Crippen molar-refractivity contribution in [2.75, 3.05) is 19.0 Å². The molecule has 0 aliphatic carbocycles. The first-order valence-electron chi connectivity index (χ1n) is 8.24. The van der Waals surface area contributed by atoms with Crippen molar-refractivity contribution in [2.24, 2.45) is 0 Å². The van der Waals surface area contributed by atoms with Crippen LogP contribution in [0.15, 0.2) is 54.7 Å². The van der Waals surface area contributed by atoms with E-state index in [1.54, 1.807) is 31.1 Å². The Morgan fingerprint density at radius 2 is 1.56 bits per heavy atom. The lowest BCUT2D eigenvalue weighted by molar-refractivity contribution is -0.0584. The molecule has 134 valence electrons. The van der Waals surface area contributed by atoms with E-state index in [4.69, 9.17) is 4.84 Å². The molecular formula is C20H15N3O4. The molecule has 2 heterocycles. The van der Waals surface area contributed by atoms with Gasteiger partial charge in [-0.15, -0.1) is 0 Å². The van der Waals surface area contributed by atoms with Crippen molar-refractivity contribution in [2.45, 2.75) is 0 Å². The lowest BCUT2D eigenvalue weighted by Crippen LogP contribution is -2.33. The Balaban J connectivity index is 1.72. The van der Waals surface area contributed by atoms with Crippen LogP contribution in [0, 0.1) is 0 Å². The van der Waals surface area contributed by atoms with Crippen molar-refractivity contribution in [3.8, 4) is 0 Å². The Labute approximate surface area is 154 Å². The molecule has 1 aliphatic heterocycles. The molecule has 0 bridgehead atoms. The summed E-state index contributed by atoms with van der Waals surface area (Å²) in [5.74, 6) is -2.15. The molecule has 3 aromatic rings. The molecule has 0 atom stereocenters. The van der Waals surface area contributed by atoms with Crippen LogP contribution in [0.2, 0.25) is 0 Å². The molecule has 7 heteroatoms. The molecule has 1 aromatic heterocycles. The number of para-hydroxylation sites is 1. The number of carbonyl (C=O) groups is 3. The van der Waals surface area contributed by atoms with Gasteiger partial charge in [0, 0.05) is 25.7 Å². The monoisotopic (exact) mass is 361 g/mol. The minimum Gasteiger partial charge on any atom is -0.376 e.